The van der Waals surface area contributed by atoms with Crippen molar-refractivity contribution < 1.29 is 9.53 Å². The second-order valence-corrected chi connectivity index (χ2v) is 3.63. The molecule has 0 fully saturated rings. The fourth-order valence-electron chi connectivity index (χ4n) is 1.11. The number of rotatable bonds is 3. The molecule has 0 spiro atoms. The van der Waals surface area contributed by atoms with Crippen LogP contribution < -0.4 is 20.9 Å². The van der Waals surface area contributed by atoms with Crippen LogP contribution in [0.1, 0.15) is 13.8 Å². The molecule has 0 saturated carbocycles. The minimum Gasteiger partial charge on any atom is -0.494 e. The van der Waals surface area contributed by atoms with E-state index in [1.807, 2.05) is 31.2 Å². The standard InChI is InChI=1S/C11H15N3O2S/c1-3-16-10-6-4-9(5-7-10)12-11(17)14-13-8(2)15/h4-7H,3H2,1-2H3,(H,13,15)(H2,12,14,17). The van der Waals surface area contributed by atoms with Crippen molar-refractivity contribution in [3.63, 3.8) is 0 Å². The lowest BCUT2D eigenvalue weighted by Gasteiger charge is -2.10. The van der Waals surface area contributed by atoms with Crippen LogP contribution in [0.4, 0.5) is 5.69 Å². The maximum atomic E-state index is 10.6. The van der Waals surface area contributed by atoms with Crippen molar-refractivity contribution in [3.05, 3.63) is 24.3 Å². The number of anilines is 1. The van der Waals surface area contributed by atoms with Crippen LogP contribution in [0.25, 0.3) is 0 Å². The Morgan fingerprint density at radius 1 is 1.29 bits per heavy atom. The number of carbonyl (C=O) groups excluding carboxylic acids is 1. The van der Waals surface area contributed by atoms with E-state index in [9.17, 15) is 4.79 Å². The lowest BCUT2D eigenvalue weighted by atomic mass is 10.3. The van der Waals surface area contributed by atoms with E-state index in [0.717, 1.165) is 11.4 Å². The minimum absolute atomic E-state index is 0.208. The number of hydrogen-bond acceptors (Lipinski definition) is 3. The summed E-state index contributed by atoms with van der Waals surface area (Å²) >= 11 is 4.97. The molecule has 0 aliphatic rings. The third-order valence-corrected chi connectivity index (χ3v) is 1.98. The molecule has 0 saturated heterocycles. The Kier molecular flexibility index (Phi) is 5.22. The van der Waals surface area contributed by atoms with Gasteiger partial charge in [-0.2, -0.15) is 0 Å². The van der Waals surface area contributed by atoms with Gasteiger partial charge >= 0.3 is 0 Å². The number of amides is 1. The third kappa shape index (κ3) is 5.17. The van der Waals surface area contributed by atoms with Crippen molar-refractivity contribution in [2.45, 2.75) is 13.8 Å². The summed E-state index contributed by atoms with van der Waals surface area (Å²) in [5.41, 5.74) is 5.76. The maximum Gasteiger partial charge on any atom is 0.235 e. The SMILES string of the molecule is CCOc1ccc(NC(=S)NNC(C)=O)cc1. The van der Waals surface area contributed by atoms with Crippen LogP contribution in [0.2, 0.25) is 0 Å². The van der Waals surface area contributed by atoms with Gasteiger partial charge in [-0.1, -0.05) is 0 Å². The summed E-state index contributed by atoms with van der Waals surface area (Å²) in [5.74, 6) is 0.597. The van der Waals surface area contributed by atoms with Gasteiger partial charge in [-0.05, 0) is 43.4 Å². The summed E-state index contributed by atoms with van der Waals surface area (Å²) in [5, 5.41) is 3.24. The molecule has 6 heteroatoms. The fourth-order valence-corrected chi connectivity index (χ4v) is 1.28. The van der Waals surface area contributed by atoms with Crippen LogP contribution in [-0.2, 0) is 4.79 Å². The molecule has 17 heavy (non-hydrogen) atoms. The predicted molar refractivity (Wildman–Crippen MR) is 70.8 cm³/mol. The van der Waals surface area contributed by atoms with Gasteiger partial charge in [0, 0.05) is 12.6 Å². The quantitative estimate of drug-likeness (QED) is 0.562. The van der Waals surface area contributed by atoms with Crippen molar-refractivity contribution in [2.24, 2.45) is 0 Å². The maximum absolute atomic E-state index is 10.6. The van der Waals surface area contributed by atoms with Gasteiger partial charge in [-0.3, -0.25) is 15.6 Å². The van der Waals surface area contributed by atoms with Crippen LogP contribution in [0.3, 0.4) is 0 Å². The molecule has 1 rings (SSSR count). The Morgan fingerprint density at radius 3 is 2.47 bits per heavy atom. The molecule has 0 aromatic heterocycles. The molecule has 92 valence electrons. The highest BCUT2D eigenvalue weighted by atomic mass is 32.1. The number of carbonyl (C=O) groups is 1. The van der Waals surface area contributed by atoms with E-state index in [2.05, 4.69) is 16.2 Å². The van der Waals surface area contributed by atoms with Gasteiger partial charge in [-0.25, -0.2) is 0 Å². The largest absolute Gasteiger partial charge is 0.494 e. The van der Waals surface area contributed by atoms with Crippen LogP contribution in [0.15, 0.2) is 24.3 Å². The second-order valence-electron chi connectivity index (χ2n) is 3.22. The van der Waals surface area contributed by atoms with Crippen LogP contribution >= 0.6 is 12.2 Å². The highest BCUT2D eigenvalue weighted by Gasteiger charge is 1.98. The molecule has 3 N–H and O–H groups in total. The van der Waals surface area contributed by atoms with Gasteiger partial charge in [0.1, 0.15) is 5.75 Å². The molecule has 0 aliphatic heterocycles. The monoisotopic (exact) mass is 253 g/mol. The zero-order valence-electron chi connectivity index (χ0n) is 9.74. The fraction of sp³-hybridized carbons (Fsp3) is 0.273. The van der Waals surface area contributed by atoms with Crippen molar-refractivity contribution in [2.75, 3.05) is 11.9 Å². The molecule has 0 unspecified atom stereocenters. The number of hydrazine groups is 1. The Bertz CT molecular complexity index is 392. The van der Waals surface area contributed by atoms with E-state index < -0.39 is 0 Å². The number of ether oxygens (including phenoxy) is 1. The topological polar surface area (TPSA) is 62.4 Å². The summed E-state index contributed by atoms with van der Waals surface area (Å²) in [6.45, 7) is 3.96. The van der Waals surface area contributed by atoms with Gasteiger partial charge in [0.15, 0.2) is 5.11 Å². The molecular weight excluding hydrogens is 238 g/mol. The molecule has 0 atom stereocenters. The van der Waals surface area contributed by atoms with Gasteiger partial charge in [0.25, 0.3) is 0 Å². The molecule has 0 heterocycles. The molecule has 0 radical (unpaired) electrons. The smallest absolute Gasteiger partial charge is 0.235 e. The highest BCUT2D eigenvalue weighted by Crippen LogP contribution is 2.15. The Labute approximate surface area is 106 Å². The summed E-state index contributed by atoms with van der Waals surface area (Å²) < 4.78 is 5.31. The zero-order chi connectivity index (χ0) is 12.7. The van der Waals surface area contributed by atoms with Crippen molar-refractivity contribution in [1.29, 1.82) is 0 Å². The van der Waals surface area contributed by atoms with E-state index in [1.165, 1.54) is 6.92 Å². The van der Waals surface area contributed by atoms with Crippen LogP contribution in [-0.4, -0.2) is 17.6 Å². The molecule has 0 bridgehead atoms. The van der Waals surface area contributed by atoms with Crippen LogP contribution in [0.5, 0.6) is 5.75 Å². The molecule has 0 aliphatic carbocycles. The normalized spacial score (nSPS) is 9.29. The van der Waals surface area contributed by atoms with Crippen molar-refractivity contribution in [1.82, 2.24) is 10.9 Å². The second kappa shape index (κ2) is 6.70. The lowest BCUT2D eigenvalue weighted by Crippen LogP contribution is -2.42. The van der Waals surface area contributed by atoms with Crippen molar-refractivity contribution in [3.8, 4) is 5.75 Å². The first kappa shape index (κ1) is 13.2. The summed E-state index contributed by atoms with van der Waals surface area (Å²) in [6, 6.07) is 7.36. The van der Waals surface area contributed by atoms with E-state index in [0.29, 0.717) is 11.7 Å². The Balaban J connectivity index is 2.45. The molecular formula is C11H15N3O2S. The first-order valence-electron chi connectivity index (χ1n) is 5.18. The lowest BCUT2D eigenvalue weighted by molar-refractivity contribution is -0.119. The number of thiocarbonyl (C=S) groups is 1. The van der Waals surface area contributed by atoms with Gasteiger partial charge in [0.05, 0.1) is 6.61 Å². The molecule has 1 aromatic carbocycles. The molecule has 1 amide bonds. The summed E-state index contributed by atoms with van der Waals surface area (Å²) in [4.78, 5) is 10.6. The van der Waals surface area contributed by atoms with E-state index in [4.69, 9.17) is 17.0 Å². The number of nitrogens with one attached hydrogen (secondary N) is 3. The van der Waals surface area contributed by atoms with E-state index >= 15 is 0 Å². The van der Waals surface area contributed by atoms with Gasteiger partial charge in [0.2, 0.25) is 5.91 Å². The van der Waals surface area contributed by atoms with E-state index in [-0.39, 0.29) is 5.91 Å². The average molecular weight is 253 g/mol. The van der Waals surface area contributed by atoms with E-state index in [1.54, 1.807) is 0 Å². The number of hydrogen-bond donors (Lipinski definition) is 3. The number of benzene rings is 1. The highest BCUT2D eigenvalue weighted by molar-refractivity contribution is 7.80. The zero-order valence-corrected chi connectivity index (χ0v) is 10.6. The van der Waals surface area contributed by atoms with Crippen molar-refractivity contribution >= 4 is 28.9 Å². The summed E-state index contributed by atoms with van der Waals surface area (Å²) in [6.07, 6.45) is 0. The average Bonchev–Trinajstić information content (AvgIpc) is 2.29. The van der Waals surface area contributed by atoms with Gasteiger partial charge < -0.3 is 10.1 Å². The molecule has 1 aromatic rings. The van der Waals surface area contributed by atoms with Gasteiger partial charge in [-0.15, -0.1) is 0 Å². The van der Waals surface area contributed by atoms with Crippen LogP contribution in [0, 0.1) is 0 Å². The summed E-state index contributed by atoms with van der Waals surface area (Å²) in [7, 11) is 0. The first-order chi connectivity index (χ1) is 8.11. The predicted octanol–water partition coefficient (Wildman–Crippen LogP) is 1.42. The third-order valence-electron chi connectivity index (χ3n) is 1.78. The Morgan fingerprint density at radius 2 is 1.94 bits per heavy atom. The Hall–Kier alpha value is -1.82. The first-order valence-corrected chi connectivity index (χ1v) is 5.59. The minimum atomic E-state index is -0.208. The molecule has 5 nitrogen and oxygen atoms in total.